The number of hydrogen-bond donors (Lipinski definition) is 0. The van der Waals surface area contributed by atoms with E-state index in [9.17, 15) is 35.5 Å². The molecule has 0 amide bonds. The summed E-state index contributed by atoms with van der Waals surface area (Å²) in [5.41, 5.74) is 0. The maximum absolute atomic E-state index is 12.7. The standard InChI is InChI=1S/C10H13F7O3/c1-6(20-7(2)18)4-3-5-19-10(16,17)8(11,12)9(13,14)15/h6H,3-5H2,1-2H3. The lowest BCUT2D eigenvalue weighted by Crippen LogP contribution is -2.53. The highest BCUT2D eigenvalue weighted by molar-refractivity contribution is 5.66. The van der Waals surface area contributed by atoms with Crippen LogP contribution >= 0.6 is 0 Å². The van der Waals surface area contributed by atoms with Crippen molar-refractivity contribution in [3.05, 3.63) is 0 Å². The van der Waals surface area contributed by atoms with Crippen molar-refractivity contribution in [2.24, 2.45) is 0 Å². The number of hydrogen-bond acceptors (Lipinski definition) is 3. The highest BCUT2D eigenvalue weighted by Crippen LogP contribution is 2.46. The zero-order chi connectivity index (χ0) is 16.2. The third-order valence-corrected chi connectivity index (χ3v) is 2.13. The first-order valence-corrected chi connectivity index (χ1v) is 5.45. The normalized spacial score (nSPS) is 15.1. The Labute approximate surface area is 110 Å². The fourth-order valence-electron chi connectivity index (χ4n) is 1.17. The first-order valence-electron chi connectivity index (χ1n) is 5.45. The monoisotopic (exact) mass is 314 g/mol. The van der Waals surface area contributed by atoms with Crippen molar-refractivity contribution in [1.82, 2.24) is 0 Å². The zero-order valence-electron chi connectivity index (χ0n) is 10.6. The molecule has 0 saturated carbocycles. The van der Waals surface area contributed by atoms with Gasteiger partial charge < -0.3 is 9.47 Å². The molecule has 0 spiro atoms. The van der Waals surface area contributed by atoms with Gasteiger partial charge in [-0.05, 0) is 19.8 Å². The molecule has 0 radical (unpaired) electrons. The third kappa shape index (κ3) is 5.14. The van der Waals surface area contributed by atoms with Gasteiger partial charge in [-0.3, -0.25) is 4.79 Å². The highest BCUT2D eigenvalue weighted by atomic mass is 19.4. The molecular weight excluding hydrogens is 301 g/mol. The Kier molecular flexibility index (Phi) is 6.25. The van der Waals surface area contributed by atoms with Gasteiger partial charge >= 0.3 is 24.2 Å². The molecule has 0 aliphatic rings. The third-order valence-electron chi connectivity index (χ3n) is 2.13. The molecule has 0 N–H and O–H groups in total. The highest BCUT2D eigenvalue weighted by Gasteiger charge is 2.74. The van der Waals surface area contributed by atoms with Gasteiger partial charge in [0, 0.05) is 6.92 Å². The molecule has 0 bridgehead atoms. The lowest BCUT2D eigenvalue weighted by molar-refractivity contribution is -0.424. The van der Waals surface area contributed by atoms with Crippen LogP contribution in [0.25, 0.3) is 0 Å². The molecule has 0 aliphatic heterocycles. The Hall–Kier alpha value is -1.06. The summed E-state index contributed by atoms with van der Waals surface area (Å²) in [6, 6.07) is 0. The molecule has 1 atom stereocenters. The Morgan fingerprint density at radius 1 is 1.10 bits per heavy atom. The quantitative estimate of drug-likeness (QED) is 0.410. The molecule has 0 aromatic carbocycles. The number of halogens is 7. The van der Waals surface area contributed by atoms with Crippen molar-refractivity contribution in [2.45, 2.75) is 51.0 Å². The van der Waals surface area contributed by atoms with Crippen LogP contribution in [0, 0.1) is 0 Å². The Morgan fingerprint density at radius 2 is 1.60 bits per heavy atom. The number of carbonyl (C=O) groups is 1. The van der Waals surface area contributed by atoms with E-state index in [0.29, 0.717) is 0 Å². The van der Waals surface area contributed by atoms with Crippen LogP contribution in [-0.4, -0.2) is 36.9 Å². The summed E-state index contributed by atoms with van der Waals surface area (Å²) in [6.45, 7) is 1.47. The second-order valence-corrected chi connectivity index (χ2v) is 4.00. The van der Waals surface area contributed by atoms with Gasteiger partial charge in [0.05, 0.1) is 12.7 Å². The van der Waals surface area contributed by atoms with Crippen LogP contribution in [0.5, 0.6) is 0 Å². The predicted octanol–water partition coefficient (Wildman–Crippen LogP) is 3.53. The van der Waals surface area contributed by atoms with Gasteiger partial charge in [0.2, 0.25) is 0 Å². The SMILES string of the molecule is CC(=O)OC(C)CCCOC(F)(F)C(F)(F)C(F)(F)F. The second-order valence-electron chi connectivity index (χ2n) is 4.00. The Balaban J connectivity index is 4.28. The van der Waals surface area contributed by atoms with E-state index >= 15 is 0 Å². The smallest absolute Gasteiger partial charge is 0.462 e. The van der Waals surface area contributed by atoms with E-state index in [1.54, 1.807) is 0 Å². The van der Waals surface area contributed by atoms with Crippen molar-refractivity contribution < 1.29 is 45.0 Å². The number of alkyl halides is 7. The molecule has 0 heterocycles. The summed E-state index contributed by atoms with van der Waals surface area (Å²) in [7, 11) is 0. The summed E-state index contributed by atoms with van der Waals surface area (Å²) in [6.07, 6.45) is -13.1. The minimum atomic E-state index is -6.42. The lowest BCUT2D eigenvalue weighted by atomic mass is 10.2. The number of carbonyl (C=O) groups excluding carboxylic acids is 1. The first kappa shape index (κ1) is 18.9. The van der Waals surface area contributed by atoms with Crippen molar-refractivity contribution in [3.63, 3.8) is 0 Å². The molecule has 0 rings (SSSR count). The summed E-state index contributed by atoms with van der Waals surface area (Å²) in [4.78, 5) is 10.5. The van der Waals surface area contributed by atoms with E-state index in [-0.39, 0.29) is 12.8 Å². The summed E-state index contributed by atoms with van der Waals surface area (Å²) >= 11 is 0. The molecular formula is C10H13F7O3. The van der Waals surface area contributed by atoms with Crippen LogP contribution in [0.3, 0.4) is 0 Å². The minimum absolute atomic E-state index is 0.0206. The van der Waals surface area contributed by atoms with Gasteiger partial charge in [0.15, 0.2) is 0 Å². The van der Waals surface area contributed by atoms with Crippen LogP contribution in [0.4, 0.5) is 30.7 Å². The van der Waals surface area contributed by atoms with Gasteiger partial charge in [0.1, 0.15) is 0 Å². The number of ether oxygens (including phenoxy) is 2. The number of rotatable bonds is 7. The fraction of sp³-hybridized carbons (Fsp3) is 0.900. The summed E-state index contributed by atoms with van der Waals surface area (Å²) in [5, 5.41) is 0. The fourth-order valence-corrected chi connectivity index (χ4v) is 1.17. The van der Waals surface area contributed by atoms with Gasteiger partial charge in [-0.15, -0.1) is 0 Å². The van der Waals surface area contributed by atoms with E-state index in [4.69, 9.17) is 0 Å². The van der Waals surface area contributed by atoms with E-state index in [2.05, 4.69) is 9.47 Å². The van der Waals surface area contributed by atoms with Crippen LogP contribution in [0.15, 0.2) is 0 Å². The van der Waals surface area contributed by atoms with E-state index in [1.807, 2.05) is 0 Å². The first-order chi connectivity index (χ1) is 8.81. The maximum atomic E-state index is 12.7. The molecule has 0 aromatic heterocycles. The molecule has 120 valence electrons. The maximum Gasteiger partial charge on any atom is 0.462 e. The minimum Gasteiger partial charge on any atom is -0.463 e. The molecule has 3 nitrogen and oxygen atoms in total. The molecule has 0 fully saturated rings. The predicted molar refractivity (Wildman–Crippen MR) is 52.4 cm³/mol. The summed E-state index contributed by atoms with van der Waals surface area (Å²) < 4.78 is 93.3. The Bertz CT molecular complexity index is 327. The number of esters is 1. The summed E-state index contributed by atoms with van der Waals surface area (Å²) in [5.74, 6) is -6.91. The van der Waals surface area contributed by atoms with Crippen LogP contribution in [0.1, 0.15) is 26.7 Å². The van der Waals surface area contributed by atoms with Gasteiger partial charge in [-0.25, -0.2) is 0 Å². The van der Waals surface area contributed by atoms with Crippen molar-refractivity contribution in [1.29, 1.82) is 0 Å². The van der Waals surface area contributed by atoms with Crippen LogP contribution in [-0.2, 0) is 14.3 Å². The molecule has 0 saturated heterocycles. The lowest BCUT2D eigenvalue weighted by Gasteiger charge is -2.27. The molecule has 10 heteroatoms. The molecule has 0 aromatic rings. The van der Waals surface area contributed by atoms with Crippen LogP contribution in [0.2, 0.25) is 0 Å². The van der Waals surface area contributed by atoms with Crippen molar-refractivity contribution in [3.8, 4) is 0 Å². The van der Waals surface area contributed by atoms with Gasteiger partial charge in [-0.1, -0.05) is 0 Å². The van der Waals surface area contributed by atoms with Gasteiger partial charge in [-0.2, -0.15) is 30.7 Å². The largest absolute Gasteiger partial charge is 0.463 e. The van der Waals surface area contributed by atoms with Crippen LogP contribution < -0.4 is 0 Å². The van der Waals surface area contributed by atoms with Crippen molar-refractivity contribution >= 4 is 5.97 Å². The van der Waals surface area contributed by atoms with Gasteiger partial charge in [0.25, 0.3) is 0 Å². The molecule has 20 heavy (non-hydrogen) atoms. The average Bonchev–Trinajstić information content (AvgIpc) is 2.21. The van der Waals surface area contributed by atoms with E-state index in [0.717, 1.165) is 6.92 Å². The van der Waals surface area contributed by atoms with E-state index < -0.39 is 36.9 Å². The molecule has 1 unspecified atom stereocenters. The second kappa shape index (κ2) is 6.59. The average molecular weight is 314 g/mol. The Morgan fingerprint density at radius 3 is 2.00 bits per heavy atom. The zero-order valence-corrected chi connectivity index (χ0v) is 10.6. The molecule has 0 aliphatic carbocycles. The van der Waals surface area contributed by atoms with Crippen molar-refractivity contribution in [2.75, 3.05) is 6.61 Å². The van der Waals surface area contributed by atoms with E-state index in [1.165, 1.54) is 6.92 Å². The topological polar surface area (TPSA) is 35.5 Å².